The predicted molar refractivity (Wildman–Crippen MR) is 94.5 cm³/mol. The second-order valence-electron chi connectivity index (χ2n) is 7.67. The van der Waals surface area contributed by atoms with Gasteiger partial charge in [0.15, 0.2) is 0 Å². The summed E-state index contributed by atoms with van der Waals surface area (Å²) in [6, 6.07) is 5.61. The number of carbonyl (C=O) groups is 3. The van der Waals surface area contributed by atoms with Gasteiger partial charge in [-0.1, -0.05) is 20.8 Å². The van der Waals surface area contributed by atoms with Crippen LogP contribution in [0.1, 0.15) is 60.7 Å². The normalized spacial score (nSPS) is 17.9. The predicted octanol–water partition coefficient (Wildman–Crippen LogP) is 2.54. The number of likely N-dealkylation sites (tertiary alicyclic amines) is 1. The number of hydrogen-bond donors (Lipinski definition) is 2. The lowest BCUT2D eigenvalue weighted by Gasteiger charge is -2.33. The number of nitrogens with one attached hydrogen (secondary N) is 1. The molecule has 1 aliphatic heterocycles. The van der Waals surface area contributed by atoms with Crippen LogP contribution in [0.15, 0.2) is 24.3 Å². The average Bonchev–Trinajstić information content (AvgIpc) is 2.58. The molecule has 6 heteroatoms. The van der Waals surface area contributed by atoms with Crippen molar-refractivity contribution in [1.29, 1.82) is 0 Å². The highest BCUT2D eigenvalue weighted by Gasteiger charge is 2.32. The first-order chi connectivity index (χ1) is 11.7. The van der Waals surface area contributed by atoms with Gasteiger partial charge in [-0.15, -0.1) is 0 Å². The van der Waals surface area contributed by atoms with Crippen LogP contribution in [0.4, 0.5) is 0 Å². The molecule has 1 fully saturated rings. The number of hydrogen-bond acceptors (Lipinski definition) is 3. The van der Waals surface area contributed by atoms with Crippen molar-refractivity contribution in [3.05, 3.63) is 35.4 Å². The first kappa shape index (κ1) is 19.0. The number of piperidine rings is 1. The second kappa shape index (κ2) is 7.68. The first-order valence-corrected chi connectivity index (χ1v) is 8.61. The van der Waals surface area contributed by atoms with Gasteiger partial charge in [0.25, 0.3) is 11.8 Å². The molecule has 0 aromatic heterocycles. The highest BCUT2D eigenvalue weighted by Crippen LogP contribution is 2.20. The minimum atomic E-state index is -0.966. The number of carboxylic acid groups (broad SMARTS) is 1. The van der Waals surface area contributed by atoms with Crippen LogP contribution in [-0.2, 0) is 4.79 Å². The Morgan fingerprint density at radius 3 is 2.28 bits per heavy atom. The van der Waals surface area contributed by atoms with Crippen molar-refractivity contribution in [3.8, 4) is 0 Å². The van der Waals surface area contributed by atoms with Gasteiger partial charge in [-0.05, 0) is 48.9 Å². The van der Waals surface area contributed by atoms with Crippen LogP contribution in [0.25, 0.3) is 0 Å². The highest BCUT2D eigenvalue weighted by atomic mass is 16.4. The molecular formula is C19H26N2O4. The molecule has 6 nitrogen and oxygen atoms in total. The number of carboxylic acids is 1. The zero-order valence-corrected chi connectivity index (χ0v) is 15.0. The molecule has 0 radical (unpaired) electrons. The van der Waals surface area contributed by atoms with Gasteiger partial charge < -0.3 is 15.3 Å². The summed E-state index contributed by atoms with van der Waals surface area (Å²) in [5.41, 5.74) is 0.876. The number of carbonyl (C=O) groups excluding carboxylic acids is 2. The minimum absolute atomic E-state index is 0.00826. The van der Waals surface area contributed by atoms with Crippen LogP contribution in [0.3, 0.4) is 0 Å². The Balaban J connectivity index is 2.07. The third-order valence-electron chi connectivity index (χ3n) is 4.22. The molecule has 0 spiro atoms. The molecule has 0 aliphatic carbocycles. The van der Waals surface area contributed by atoms with E-state index in [4.69, 9.17) is 0 Å². The molecule has 2 N–H and O–H groups in total. The van der Waals surface area contributed by atoms with Crippen molar-refractivity contribution in [2.24, 2.45) is 5.41 Å². The largest absolute Gasteiger partial charge is 0.480 e. The maximum Gasteiger partial charge on any atom is 0.326 e. The van der Waals surface area contributed by atoms with Gasteiger partial charge >= 0.3 is 5.97 Å². The third kappa shape index (κ3) is 5.05. The molecule has 0 unspecified atom stereocenters. The number of amides is 2. The van der Waals surface area contributed by atoms with Crippen molar-refractivity contribution in [2.75, 3.05) is 13.1 Å². The van der Waals surface area contributed by atoms with E-state index >= 15 is 0 Å². The number of benzene rings is 1. The molecular weight excluding hydrogens is 320 g/mol. The van der Waals surface area contributed by atoms with Crippen LogP contribution in [0.2, 0.25) is 0 Å². The SMILES string of the molecule is CC(C)(C)CNC(=O)c1ccc(C(=O)N2CCCC[C@@H]2C(=O)O)cc1. The molecule has 25 heavy (non-hydrogen) atoms. The zero-order valence-electron chi connectivity index (χ0n) is 15.0. The van der Waals surface area contributed by atoms with Crippen LogP contribution in [0.5, 0.6) is 0 Å². The van der Waals surface area contributed by atoms with Gasteiger partial charge in [0.2, 0.25) is 0 Å². The minimum Gasteiger partial charge on any atom is -0.480 e. The molecule has 1 atom stereocenters. The molecule has 136 valence electrons. The molecule has 2 rings (SSSR count). The molecule has 1 aromatic carbocycles. The van der Waals surface area contributed by atoms with E-state index in [2.05, 4.69) is 5.32 Å². The van der Waals surface area contributed by atoms with Crippen molar-refractivity contribution in [1.82, 2.24) is 10.2 Å². The summed E-state index contributed by atoms with van der Waals surface area (Å²) in [5.74, 6) is -1.45. The Hall–Kier alpha value is -2.37. The topological polar surface area (TPSA) is 86.7 Å². The Bertz CT molecular complexity index is 646. The van der Waals surface area contributed by atoms with Crippen molar-refractivity contribution >= 4 is 17.8 Å². The smallest absolute Gasteiger partial charge is 0.326 e. The van der Waals surface area contributed by atoms with E-state index in [-0.39, 0.29) is 17.2 Å². The summed E-state index contributed by atoms with van der Waals surface area (Å²) in [6.07, 6.45) is 2.10. The molecule has 1 aromatic rings. The van der Waals surface area contributed by atoms with Crippen molar-refractivity contribution < 1.29 is 19.5 Å². The zero-order chi connectivity index (χ0) is 18.6. The third-order valence-corrected chi connectivity index (χ3v) is 4.22. The summed E-state index contributed by atoms with van der Waals surface area (Å²) in [7, 11) is 0. The maximum atomic E-state index is 12.6. The summed E-state index contributed by atoms with van der Waals surface area (Å²) in [6.45, 7) is 7.11. The lowest BCUT2D eigenvalue weighted by Crippen LogP contribution is -2.48. The van der Waals surface area contributed by atoms with Gasteiger partial charge in [0, 0.05) is 24.2 Å². The molecule has 0 bridgehead atoms. The summed E-state index contributed by atoms with van der Waals surface area (Å²) in [4.78, 5) is 37.5. The van der Waals surface area contributed by atoms with Crippen LogP contribution >= 0.6 is 0 Å². The van der Waals surface area contributed by atoms with E-state index < -0.39 is 12.0 Å². The molecule has 0 saturated carbocycles. The fraction of sp³-hybridized carbons (Fsp3) is 0.526. The molecule has 2 amide bonds. The van der Waals surface area contributed by atoms with Crippen LogP contribution in [0, 0.1) is 5.41 Å². The van der Waals surface area contributed by atoms with E-state index in [0.29, 0.717) is 30.6 Å². The average molecular weight is 346 g/mol. The number of nitrogens with zero attached hydrogens (tertiary/aromatic N) is 1. The Morgan fingerprint density at radius 2 is 1.72 bits per heavy atom. The van der Waals surface area contributed by atoms with Gasteiger partial charge in [0.05, 0.1) is 0 Å². The highest BCUT2D eigenvalue weighted by molar-refractivity contribution is 5.99. The van der Waals surface area contributed by atoms with E-state index in [1.54, 1.807) is 24.3 Å². The van der Waals surface area contributed by atoms with E-state index in [0.717, 1.165) is 12.8 Å². The summed E-state index contributed by atoms with van der Waals surface area (Å²) in [5, 5.41) is 12.2. The van der Waals surface area contributed by atoms with Crippen molar-refractivity contribution in [3.63, 3.8) is 0 Å². The number of aliphatic carboxylic acids is 1. The first-order valence-electron chi connectivity index (χ1n) is 8.61. The fourth-order valence-corrected chi connectivity index (χ4v) is 2.81. The standard InChI is InChI=1S/C19H26N2O4/c1-19(2,3)12-20-16(22)13-7-9-14(10-8-13)17(23)21-11-5-4-6-15(21)18(24)25/h7-10,15H,4-6,11-12H2,1-3H3,(H,20,22)(H,24,25)/t15-/m1/s1. The van der Waals surface area contributed by atoms with E-state index in [1.165, 1.54) is 4.90 Å². The van der Waals surface area contributed by atoms with Gasteiger partial charge in [-0.2, -0.15) is 0 Å². The summed E-state index contributed by atoms with van der Waals surface area (Å²) < 4.78 is 0. The number of rotatable bonds is 4. The quantitative estimate of drug-likeness (QED) is 0.877. The fourth-order valence-electron chi connectivity index (χ4n) is 2.81. The lowest BCUT2D eigenvalue weighted by molar-refractivity contribution is -0.143. The maximum absolute atomic E-state index is 12.6. The Labute approximate surface area is 148 Å². The van der Waals surface area contributed by atoms with Crippen molar-refractivity contribution in [2.45, 2.75) is 46.1 Å². The molecule has 1 aliphatic rings. The van der Waals surface area contributed by atoms with E-state index in [1.807, 2.05) is 20.8 Å². The van der Waals surface area contributed by atoms with E-state index in [9.17, 15) is 19.5 Å². The summed E-state index contributed by atoms with van der Waals surface area (Å²) >= 11 is 0. The Kier molecular flexibility index (Phi) is 5.82. The van der Waals surface area contributed by atoms with Gasteiger partial charge in [-0.3, -0.25) is 9.59 Å². The monoisotopic (exact) mass is 346 g/mol. The van der Waals surface area contributed by atoms with Crippen LogP contribution in [-0.4, -0.2) is 46.9 Å². The second-order valence-corrected chi connectivity index (χ2v) is 7.67. The molecule has 1 heterocycles. The lowest BCUT2D eigenvalue weighted by atomic mass is 9.97. The van der Waals surface area contributed by atoms with Gasteiger partial charge in [-0.25, -0.2) is 4.79 Å². The van der Waals surface area contributed by atoms with Crippen LogP contribution < -0.4 is 5.32 Å². The van der Waals surface area contributed by atoms with Gasteiger partial charge in [0.1, 0.15) is 6.04 Å². The Morgan fingerprint density at radius 1 is 1.12 bits per heavy atom. The molecule has 1 saturated heterocycles.